The number of nitrogens with one attached hydrogen (secondary N) is 1. The zero-order valence-electron chi connectivity index (χ0n) is 9.24. The molecule has 2 rings (SSSR count). The number of amides is 1. The number of halogens is 1. The van der Waals surface area contributed by atoms with Gasteiger partial charge in [0.25, 0.3) is 0 Å². The van der Waals surface area contributed by atoms with Crippen LogP contribution in [0.15, 0.2) is 24.3 Å². The van der Waals surface area contributed by atoms with E-state index in [-0.39, 0.29) is 12.5 Å². The molecule has 3 nitrogen and oxygen atoms in total. The molecule has 1 aromatic carbocycles. The van der Waals surface area contributed by atoms with E-state index in [1.807, 2.05) is 31.2 Å². The molecule has 1 fully saturated rings. The van der Waals surface area contributed by atoms with Gasteiger partial charge in [0.2, 0.25) is 5.91 Å². The van der Waals surface area contributed by atoms with Crippen molar-refractivity contribution in [2.75, 3.05) is 25.0 Å². The van der Waals surface area contributed by atoms with Gasteiger partial charge in [0.15, 0.2) is 0 Å². The van der Waals surface area contributed by atoms with Gasteiger partial charge < -0.3 is 5.32 Å². The number of likely N-dealkylation sites (tertiary alicyclic amines) is 1. The highest BCUT2D eigenvalue weighted by Crippen LogP contribution is 2.12. The smallest absolute Gasteiger partial charge is 0.238 e. The molecule has 1 heterocycles. The molecule has 0 aliphatic carbocycles. The standard InChI is InChI=1S/C12H15FN2O/c1-9-2-4-11(5-3-9)14-12(16)8-15-6-10(13)7-15/h2-5,10H,6-8H2,1H3,(H,14,16). The predicted octanol–water partition coefficient (Wildman–Crippen LogP) is 1.59. The molecule has 0 unspecified atom stereocenters. The second-order valence-corrected chi connectivity index (χ2v) is 4.21. The van der Waals surface area contributed by atoms with E-state index in [0.717, 1.165) is 11.3 Å². The van der Waals surface area contributed by atoms with E-state index in [2.05, 4.69) is 5.32 Å². The van der Waals surface area contributed by atoms with Crippen molar-refractivity contribution in [2.24, 2.45) is 0 Å². The fourth-order valence-corrected chi connectivity index (χ4v) is 1.68. The second kappa shape index (κ2) is 4.61. The number of benzene rings is 1. The van der Waals surface area contributed by atoms with Crippen LogP contribution >= 0.6 is 0 Å². The Morgan fingerprint density at radius 2 is 2.06 bits per heavy atom. The highest BCUT2D eigenvalue weighted by Gasteiger charge is 2.27. The number of alkyl halides is 1. The van der Waals surface area contributed by atoms with Crippen LogP contribution in [0.2, 0.25) is 0 Å². The van der Waals surface area contributed by atoms with E-state index in [1.54, 1.807) is 4.90 Å². The van der Waals surface area contributed by atoms with Crippen molar-refractivity contribution in [1.29, 1.82) is 0 Å². The third kappa shape index (κ3) is 2.79. The zero-order chi connectivity index (χ0) is 11.5. The molecule has 86 valence electrons. The third-order valence-corrected chi connectivity index (χ3v) is 2.62. The van der Waals surface area contributed by atoms with Crippen LogP contribution in [0.3, 0.4) is 0 Å². The lowest BCUT2D eigenvalue weighted by atomic mass is 10.2. The summed E-state index contributed by atoms with van der Waals surface area (Å²) in [5, 5.41) is 2.78. The molecule has 4 heteroatoms. The summed E-state index contributed by atoms with van der Waals surface area (Å²) in [4.78, 5) is 13.3. The molecule has 0 atom stereocenters. The highest BCUT2D eigenvalue weighted by atomic mass is 19.1. The minimum atomic E-state index is -0.757. The van der Waals surface area contributed by atoms with E-state index < -0.39 is 6.17 Å². The van der Waals surface area contributed by atoms with Crippen molar-refractivity contribution in [3.05, 3.63) is 29.8 Å². The van der Waals surface area contributed by atoms with Crippen LogP contribution in [-0.2, 0) is 4.79 Å². The Balaban J connectivity index is 1.80. The summed E-state index contributed by atoms with van der Waals surface area (Å²) in [5.74, 6) is -0.0873. The number of rotatable bonds is 3. The first kappa shape index (κ1) is 11.1. The van der Waals surface area contributed by atoms with Gasteiger partial charge in [-0.05, 0) is 19.1 Å². The quantitative estimate of drug-likeness (QED) is 0.842. The summed E-state index contributed by atoms with van der Waals surface area (Å²) in [7, 11) is 0. The molecule has 1 saturated heterocycles. The molecule has 1 aliphatic rings. The number of aryl methyl sites for hydroxylation is 1. The monoisotopic (exact) mass is 222 g/mol. The molecule has 0 saturated carbocycles. The fraction of sp³-hybridized carbons (Fsp3) is 0.417. The Morgan fingerprint density at radius 3 is 2.62 bits per heavy atom. The van der Waals surface area contributed by atoms with Crippen LogP contribution in [0.4, 0.5) is 10.1 Å². The Labute approximate surface area is 94.3 Å². The van der Waals surface area contributed by atoms with Crippen molar-refractivity contribution < 1.29 is 9.18 Å². The minimum absolute atomic E-state index is 0.0873. The number of anilines is 1. The van der Waals surface area contributed by atoms with Gasteiger partial charge in [0, 0.05) is 18.8 Å². The maximum absolute atomic E-state index is 12.5. The lowest BCUT2D eigenvalue weighted by Gasteiger charge is -2.33. The Kier molecular flexibility index (Phi) is 3.19. The molecule has 1 amide bonds. The molecular formula is C12H15FN2O. The van der Waals surface area contributed by atoms with E-state index in [9.17, 15) is 9.18 Å². The topological polar surface area (TPSA) is 32.3 Å². The average Bonchev–Trinajstić information content (AvgIpc) is 2.19. The van der Waals surface area contributed by atoms with E-state index >= 15 is 0 Å². The normalized spacial score (nSPS) is 16.9. The minimum Gasteiger partial charge on any atom is -0.325 e. The Morgan fingerprint density at radius 1 is 1.44 bits per heavy atom. The summed E-state index contributed by atoms with van der Waals surface area (Å²) < 4.78 is 12.5. The third-order valence-electron chi connectivity index (χ3n) is 2.62. The average molecular weight is 222 g/mol. The predicted molar refractivity (Wildman–Crippen MR) is 61.1 cm³/mol. The molecular weight excluding hydrogens is 207 g/mol. The van der Waals surface area contributed by atoms with E-state index in [4.69, 9.17) is 0 Å². The van der Waals surface area contributed by atoms with Crippen LogP contribution in [0.5, 0.6) is 0 Å². The number of hydrogen-bond donors (Lipinski definition) is 1. The van der Waals surface area contributed by atoms with Crippen molar-refractivity contribution >= 4 is 11.6 Å². The van der Waals surface area contributed by atoms with E-state index in [0.29, 0.717) is 13.1 Å². The maximum atomic E-state index is 12.5. The first-order valence-electron chi connectivity index (χ1n) is 5.36. The van der Waals surface area contributed by atoms with Gasteiger partial charge in [-0.1, -0.05) is 17.7 Å². The van der Waals surface area contributed by atoms with Crippen LogP contribution in [-0.4, -0.2) is 36.6 Å². The summed E-state index contributed by atoms with van der Waals surface area (Å²) in [6.45, 7) is 3.02. The number of carbonyl (C=O) groups is 1. The molecule has 0 bridgehead atoms. The summed E-state index contributed by atoms with van der Waals surface area (Å²) in [6, 6.07) is 7.61. The molecule has 0 aromatic heterocycles. The molecule has 0 spiro atoms. The second-order valence-electron chi connectivity index (χ2n) is 4.21. The molecule has 1 aromatic rings. The van der Waals surface area contributed by atoms with E-state index in [1.165, 1.54) is 0 Å². The van der Waals surface area contributed by atoms with Crippen LogP contribution < -0.4 is 5.32 Å². The van der Waals surface area contributed by atoms with Gasteiger partial charge in [-0.2, -0.15) is 0 Å². The molecule has 0 radical (unpaired) electrons. The maximum Gasteiger partial charge on any atom is 0.238 e. The van der Waals surface area contributed by atoms with Crippen molar-refractivity contribution in [3.8, 4) is 0 Å². The number of nitrogens with zero attached hydrogens (tertiary/aromatic N) is 1. The summed E-state index contributed by atoms with van der Waals surface area (Å²) in [5.41, 5.74) is 1.94. The SMILES string of the molecule is Cc1ccc(NC(=O)CN2CC(F)C2)cc1. The lowest BCUT2D eigenvalue weighted by molar-refractivity contribution is -0.119. The lowest BCUT2D eigenvalue weighted by Crippen LogP contribution is -2.51. The Hall–Kier alpha value is -1.42. The fourth-order valence-electron chi connectivity index (χ4n) is 1.68. The van der Waals surface area contributed by atoms with Gasteiger partial charge in [-0.25, -0.2) is 4.39 Å². The first-order chi connectivity index (χ1) is 7.63. The van der Waals surface area contributed by atoms with Crippen LogP contribution in [0, 0.1) is 6.92 Å². The van der Waals surface area contributed by atoms with Crippen molar-refractivity contribution in [2.45, 2.75) is 13.1 Å². The van der Waals surface area contributed by atoms with Crippen LogP contribution in [0.25, 0.3) is 0 Å². The summed E-state index contributed by atoms with van der Waals surface area (Å²) in [6.07, 6.45) is -0.757. The highest BCUT2D eigenvalue weighted by molar-refractivity contribution is 5.92. The van der Waals surface area contributed by atoms with Gasteiger partial charge in [0.1, 0.15) is 6.17 Å². The van der Waals surface area contributed by atoms with Gasteiger partial charge in [-0.3, -0.25) is 9.69 Å². The molecule has 1 aliphatic heterocycles. The van der Waals surface area contributed by atoms with Gasteiger partial charge >= 0.3 is 0 Å². The molecule has 1 N–H and O–H groups in total. The molecule has 16 heavy (non-hydrogen) atoms. The summed E-state index contributed by atoms with van der Waals surface area (Å²) >= 11 is 0. The number of hydrogen-bond acceptors (Lipinski definition) is 2. The van der Waals surface area contributed by atoms with Gasteiger partial charge in [0.05, 0.1) is 6.54 Å². The van der Waals surface area contributed by atoms with Crippen molar-refractivity contribution in [3.63, 3.8) is 0 Å². The van der Waals surface area contributed by atoms with Gasteiger partial charge in [-0.15, -0.1) is 0 Å². The first-order valence-corrected chi connectivity index (χ1v) is 5.36. The van der Waals surface area contributed by atoms with Crippen LogP contribution in [0.1, 0.15) is 5.56 Å². The van der Waals surface area contributed by atoms with Crippen molar-refractivity contribution in [1.82, 2.24) is 4.90 Å². The zero-order valence-corrected chi connectivity index (χ0v) is 9.24. The number of carbonyl (C=O) groups excluding carboxylic acids is 1. The Bertz CT molecular complexity index is 371. The largest absolute Gasteiger partial charge is 0.325 e.